The van der Waals surface area contributed by atoms with E-state index >= 15 is 0 Å². The molecule has 184 valence electrons. The lowest BCUT2D eigenvalue weighted by Crippen LogP contribution is -2.01. The molecule has 0 bridgehead atoms. The van der Waals surface area contributed by atoms with Gasteiger partial charge in [0, 0.05) is 21.5 Å². The molecule has 0 aliphatic heterocycles. The molecule has 12 heteroatoms. The molecule has 36 heavy (non-hydrogen) atoms. The molecule has 4 aromatic carbocycles. The predicted octanol–water partition coefficient (Wildman–Crippen LogP) is 3.29. The number of fused-ring (bicyclic) bond motifs is 2. The van der Waals surface area contributed by atoms with Crippen molar-refractivity contribution in [2.45, 2.75) is 0 Å². The van der Waals surface area contributed by atoms with Gasteiger partial charge in [-0.3, -0.25) is 0 Å². The maximum Gasteiger partial charge on any atom is 0.340 e. The van der Waals surface area contributed by atoms with Gasteiger partial charge in [0.25, 0.3) is 0 Å². The van der Waals surface area contributed by atoms with Crippen LogP contribution in [0.2, 0.25) is 0 Å². The molecule has 0 spiro atoms. The number of carboxylic acids is 4. The van der Waals surface area contributed by atoms with E-state index < -0.39 is 46.9 Å². The highest BCUT2D eigenvalue weighted by atomic mass is 16.4. The minimum atomic E-state index is -1.36. The van der Waals surface area contributed by atoms with Crippen molar-refractivity contribution >= 4 is 45.4 Å². The number of carboxylic acid groups (broad SMARTS) is 4. The third-order valence-corrected chi connectivity index (χ3v) is 5.20. The number of benzene rings is 4. The first-order chi connectivity index (χ1) is 16.9. The van der Waals surface area contributed by atoms with Gasteiger partial charge in [-0.2, -0.15) is 0 Å². The molecule has 0 amide bonds. The van der Waals surface area contributed by atoms with Crippen LogP contribution in [-0.2, 0) is 0 Å². The van der Waals surface area contributed by atoms with Crippen LogP contribution < -0.4 is 0 Å². The van der Waals surface area contributed by atoms with E-state index in [0.717, 1.165) is 24.3 Å². The minimum Gasteiger partial charge on any atom is -0.507 e. The standard InChI is InChI=1S/2C12H8O6/c13-9-5-1-3-7(11(15)16)10(14)6(5)2-4-8(9)12(17)18;13-8-4-3-6-5(9(8)12(17)18)1-2-7(10(6)14)11(15)16/h2*1-4,13-14H,(H,15,16)(H,17,18). The van der Waals surface area contributed by atoms with Crippen LogP contribution >= 0.6 is 0 Å². The van der Waals surface area contributed by atoms with E-state index in [4.69, 9.17) is 20.4 Å². The van der Waals surface area contributed by atoms with Crippen LogP contribution in [0.1, 0.15) is 41.4 Å². The Labute approximate surface area is 199 Å². The third kappa shape index (κ3) is 4.33. The Morgan fingerprint density at radius 1 is 0.417 bits per heavy atom. The molecule has 0 heterocycles. The van der Waals surface area contributed by atoms with Gasteiger partial charge >= 0.3 is 23.9 Å². The molecule has 0 saturated carbocycles. The summed E-state index contributed by atoms with van der Waals surface area (Å²) in [6.45, 7) is 0. The van der Waals surface area contributed by atoms with E-state index in [9.17, 15) is 39.6 Å². The SMILES string of the molecule is O=C(O)c1ccc2c(C(=O)O)c(O)ccc2c1O.O=C(O)c1ccc2c(O)c(C(=O)O)ccc2c1O. The van der Waals surface area contributed by atoms with E-state index in [1.807, 2.05) is 0 Å². The van der Waals surface area contributed by atoms with Gasteiger partial charge in [0.1, 0.15) is 45.3 Å². The summed E-state index contributed by atoms with van der Waals surface area (Å²) >= 11 is 0. The first-order valence-electron chi connectivity index (χ1n) is 9.75. The summed E-state index contributed by atoms with van der Waals surface area (Å²) < 4.78 is 0. The zero-order valence-electron chi connectivity index (χ0n) is 17.8. The summed E-state index contributed by atoms with van der Waals surface area (Å²) in [6.07, 6.45) is 0. The van der Waals surface area contributed by atoms with Crippen molar-refractivity contribution in [3.8, 4) is 23.0 Å². The molecule has 0 aromatic heterocycles. The number of rotatable bonds is 4. The molecule has 0 unspecified atom stereocenters. The second kappa shape index (κ2) is 9.38. The monoisotopic (exact) mass is 496 g/mol. The van der Waals surface area contributed by atoms with Gasteiger partial charge in [-0.1, -0.05) is 6.07 Å². The van der Waals surface area contributed by atoms with Crippen molar-refractivity contribution in [2.75, 3.05) is 0 Å². The topological polar surface area (TPSA) is 230 Å². The lowest BCUT2D eigenvalue weighted by atomic mass is 10.00. The summed E-state index contributed by atoms with van der Waals surface area (Å²) in [5.74, 6) is -7.29. The molecule has 8 N–H and O–H groups in total. The van der Waals surface area contributed by atoms with Crippen molar-refractivity contribution in [2.24, 2.45) is 0 Å². The van der Waals surface area contributed by atoms with Crippen LogP contribution in [0.5, 0.6) is 23.0 Å². The highest BCUT2D eigenvalue weighted by Crippen LogP contribution is 2.36. The largest absolute Gasteiger partial charge is 0.507 e. The molecule has 12 nitrogen and oxygen atoms in total. The molecule has 4 aromatic rings. The number of aromatic hydroxyl groups is 4. The highest BCUT2D eigenvalue weighted by Gasteiger charge is 2.20. The summed E-state index contributed by atoms with van der Waals surface area (Å²) in [6, 6.07) is 9.39. The van der Waals surface area contributed by atoms with Gasteiger partial charge in [-0.25, -0.2) is 19.2 Å². The third-order valence-electron chi connectivity index (χ3n) is 5.20. The van der Waals surface area contributed by atoms with E-state index in [0.29, 0.717) is 0 Å². The van der Waals surface area contributed by atoms with Crippen molar-refractivity contribution < 1.29 is 60.0 Å². The Balaban J connectivity index is 0.000000201. The Bertz CT molecular complexity index is 1530. The molecular weight excluding hydrogens is 480 g/mol. The number of hydrogen-bond acceptors (Lipinski definition) is 8. The number of hydrogen-bond donors (Lipinski definition) is 8. The molecular formula is C24H16O12. The van der Waals surface area contributed by atoms with Crippen molar-refractivity contribution in [1.82, 2.24) is 0 Å². The second-order valence-electron chi connectivity index (χ2n) is 7.26. The van der Waals surface area contributed by atoms with Crippen LogP contribution in [0.3, 0.4) is 0 Å². The maximum atomic E-state index is 11.0. The first-order valence-corrected chi connectivity index (χ1v) is 9.75. The smallest absolute Gasteiger partial charge is 0.340 e. The summed E-state index contributed by atoms with van der Waals surface area (Å²) in [7, 11) is 0. The Kier molecular flexibility index (Phi) is 6.54. The average molecular weight is 496 g/mol. The second-order valence-corrected chi connectivity index (χ2v) is 7.26. The molecule has 0 radical (unpaired) electrons. The van der Waals surface area contributed by atoms with E-state index in [2.05, 4.69) is 0 Å². The van der Waals surface area contributed by atoms with Crippen LogP contribution in [0.25, 0.3) is 21.5 Å². The fourth-order valence-electron chi connectivity index (χ4n) is 3.49. The van der Waals surface area contributed by atoms with Gasteiger partial charge < -0.3 is 40.9 Å². The van der Waals surface area contributed by atoms with Gasteiger partial charge in [0.2, 0.25) is 0 Å². The zero-order chi connectivity index (χ0) is 26.9. The van der Waals surface area contributed by atoms with Crippen molar-refractivity contribution in [3.63, 3.8) is 0 Å². The number of aromatic carboxylic acids is 4. The normalized spacial score (nSPS) is 10.4. The quantitative estimate of drug-likeness (QED) is 0.203. The molecule has 0 aliphatic carbocycles. The predicted molar refractivity (Wildman–Crippen MR) is 122 cm³/mol. The van der Waals surface area contributed by atoms with Gasteiger partial charge in [0.05, 0.1) is 0 Å². The molecule has 0 aliphatic rings. The highest BCUT2D eigenvalue weighted by molar-refractivity contribution is 6.10. The van der Waals surface area contributed by atoms with Crippen LogP contribution in [-0.4, -0.2) is 64.7 Å². The summed E-state index contributed by atoms with van der Waals surface area (Å²) in [5, 5.41) is 74.4. The molecule has 0 atom stereocenters. The zero-order valence-corrected chi connectivity index (χ0v) is 17.8. The van der Waals surface area contributed by atoms with Crippen LogP contribution in [0.15, 0.2) is 48.5 Å². The van der Waals surface area contributed by atoms with E-state index in [1.165, 1.54) is 24.3 Å². The van der Waals surface area contributed by atoms with Gasteiger partial charge in [-0.05, 0) is 42.5 Å². The summed E-state index contributed by atoms with van der Waals surface area (Å²) in [4.78, 5) is 43.5. The molecule has 0 saturated heterocycles. The van der Waals surface area contributed by atoms with E-state index in [-0.39, 0.29) is 43.8 Å². The minimum absolute atomic E-state index is 0.0603. The number of carbonyl (C=O) groups is 4. The Hall–Kier alpha value is -5.52. The Morgan fingerprint density at radius 3 is 1.06 bits per heavy atom. The van der Waals surface area contributed by atoms with Crippen LogP contribution in [0.4, 0.5) is 0 Å². The van der Waals surface area contributed by atoms with Crippen molar-refractivity contribution in [1.29, 1.82) is 0 Å². The van der Waals surface area contributed by atoms with Crippen molar-refractivity contribution in [3.05, 3.63) is 70.8 Å². The van der Waals surface area contributed by atoms with Crippen LogP contribution in [0, 0.1) is 0 Å². The van der Waals surface area contributed by atoms with Gasteiger partial charge in [0.15, 0.2) is 0 Å². The lowest BCUT2D eigenvalue weighted by molar-refractivity contribution is 0.0682. The summed E-state index contributed by atoms with van der Waals surface area (Å²) in [5.41, 5.74) is -1.33. The maximum absolute atomic E-state index is 11.0. The first kappa shape index (κ1) is 25.1. The van der Waals surface area contributed by atoms with E-state index in [1.54, 1.807) is 0 Å². The molecule has 0 fully saturated rings. The average Bonchev–Trinajstić information content (AvgIpc) is 2.79. The fraction of sp³-hybridized carbons (Fsp3) is 0. The Morgan fingerprint density at radius 2 is 0.722 bits per heavy atom. The lowest BCUT2D eigenvalue weighted by Gasteiger charge is -2.08. The number of phenols is 4. The van der Waals surface area contributed by atoms with Gasteiger partial charge in [-0.15, -0.1) is 0 Å². The molecule has 4 rings (SSSR count). The fourth-order valence-corrected chi connectivity index (χ4v) is 3.49.